The molecule has 3 aliphatic heterocycles. The van der Waals surface area contributed by atoms with Crippen molar-refractivity contribution >= 4 is 15.9 Å². The van der Waals surface area contributed by atoms with E-state index in [0.29, 0.717) is 6.61 Å². The van der Waals surface area contributed by atoms with E-state index in [-0.39, 0.29) is 5.54 Å². The topological polar surface area (TPSA) is 35.9 Å². The molecule has 2 atom stereocenters. The highest BCUT2D eigenvalue weighted by Crippen LogP contribution is 2.44. The number of benzene rings is 1. The van der Waals surface area contributed by atoms with Gasteiger partial charge in [0.2, 0.25) is 0 Å². The smallest absolute Gasteiger partial charge is 0.125 e. The van der Waals surface area contributed by atoms with Crippen molar-refractivity contribution in [3.05, 3.63) is 27.7 Å². The number of ether oxygens (including phenoxy) is 1. The van der Waals surface area contributed by atoms with Gasteiger partial charge < -0.3 is 14.7 Å². The average molecular weight is 395 g/mol. The van der Waals surface area contributed by atoms with Crippen LogP contribution in [0.1, 0.15) is 42.9 Å². The SMILES string of the molecule is Cc1cc2c(cc1Br)C(O)C(CN1CCCC1)(N1CCCC1)CO2. The molecule has 2 saturated heterocycles. The van der Waals surface area contributed by atoms with E-state index in [1.807, 2.05) is 6.07 Å². The number of rotatable bonds is 3. The second kappa shape index (κ2) is 6.60. The lowest BCUT2D eigenvalue weighted by atomic mass is 9.83. The molecule has 1 aromatic rings. The standard InChI is InChI=1S/C19H27BrN2O2/c1-14-10-17-15(11-16(14)20)18(23)19(13-24-17,22-8-4-5-9-22)12-21-6-2-3-7-21/h10-11,18,23H,2-9,12-13H2,1H3. The quantitative estimate of drug-likeness (QED) is 0.853. The first-order valence-electron chi connectivity index (χ1n) is 9.18. The van der Waals surface area contributed by atoms with Crippen LogP contribution in [-0.2, 0) is 0 Å². The Bertz CT molecular complexity index is 612. The van der Waals surface area contributed by atoms with Crippen LogP contribution in [-0.4, -0.2) is 59.8 Å². The maximum Gasteiger partial charge on any atom is 0.125 e. The molecule has 0 bridgehead atoms. The van der Waals surface area contributed by atoms with E-state index in [1.165, 1.54) is 25.7 Å². The van der Waals surface area contributed by atoms with E-state index < -0.39 is 6.10 Å². The summed E-state index contributed by atoms with van der Waals surface area (Å²) in [7, 11) is 0. The van der Waals surface area contributed by atoms with Gasteiger partial charge in [0.25, 0.3) is 0 Å². The minimum Gasteiger partial charge on any atom is -0.491 e. The number of aryl methyl sites for hydroxylation is 1. The molecule has 2 unspecified atom stereocenters. The first kappa shape index (κ1) is 16.8. The van der Waals surface area contributed by atoms with Gasteiger partial charge in [-0.25, -0.2) is 0 Å². The van der Waals surface area contributed by atoms with Crippen molar-refractivity contribution in [3.8, 4) is 5.75 Å². The van der Waals surface area contributed by atoms with Gasteiger partial charge in [0.05, 0.1) is 5.54 Å². The van der Waals surface area contributed by atoms with Crippen LogP contribution >= 0.6 is 15.9 Å². The summed E-state index contributed by atoms with van der Waals surface area (Å²) < 4.78 is 7.26. The number of nitrogens with zero attached hydrogens (tertiary/aromatic N) is 2. The molecule has 0 saturated carbocycles. The van der Waals surface area contributed by atoms with E-state index in [0.717, 1.165) is 54.1 Å². The van der Waals surface area contributed by atoms with Crippen molar-refractivity contribution in [2.45, 2.75) is 44.2 Å². The molecule has 0 aromatic heterocycles. The lowest BCUT2D eigenvalue weighted by molar-refractivity contribution is -0.0802. The third-order valence-electron chi connectivity index (χ3n) is 6.00. The van der Waals surface area contributed by atoms with Crippen molar-refractivity contribution in [1.29, 1.82) is 0 Å². The summed E-state index contributed by atoms with van der Waals surface area (Å²) in [5.41, 5.74) is 1.77. The van der Waals surface area contributed by atoms with Crippen LogP contribution in [0.5, 0.6) is 5.75 Å². The zero-order valence-electron chi connectivity index (χ0n) is 14.4. The predicted octanol–water partition coefficient (Wildman–Crippen LogP) is 3.11. The molecule has 5 heteroatoms. The molecule has 2 fully saturated rings. The van der Waals surface area contributed by atoms with Crippen LogP contribution in [0.3, 0.4) is 0 Å². The summed E-state index contributed by atoms with van der Waals surface area (Å²) in [4.78, 5) is 5.01. The molecule has 0 aliphatic carbocycles. The molecular weight excluding hydrogens is 368 g/mol. The molecule has 1 N–H and O–H groups in total. The molecule has 3 heterocycles. The van der Waals surface area contributed by atoms with Crippen LogP contribution in [0.15, 0.2) is 16.6 Å². The Kier molecular flexibility index (Phi) is 4.63. The van der Waals surface area contributed by atoms with E-state index >= 15 is 0 Å². The molecule has 4 rings (SSSR count). The van der Waals surface area contributed by atoms with Crippen molar-refractivity contribution in [3.63, 3.8) is 0 Å². The summed E-state index contributed by atoms with van der Waals surface area (Å²) in [6.07, 6.45) is 4.48. The molecule has 0 amide bonds. The molecule has 0 radical (unpaired) electrons. The molecular formula is C19H27BrN2O2. The third-order valence-corrected chi connectivity index (χ3v) is 6.86. The van der Waals surface area contributed by atoms with Gasteiger partial charge in [-0.15, -0.1) is 0 Å². The van der Waals surface area contributed by atoms with Gasteiger partial charge in [0.1, 0.15) is 18.5 Å². The zero-order valence-corrected chi connectivity index (χ0v) is 16.0. The number of hydrogen-bond acceptors (Lipinski definition) is 4. The van der Waals surface area contributed by atoms with E-state index in [4.69, 9.17) is 4.74 Å². The monoisotopic (exact) mass is 394 g/mol. The largest absolute Gasteiger partial charge is 0.491 e. The number of halogens is 1. The average Bonchev–Trinajstić information content (AvgIpc) is 3.26. The van der Waals surface area contributed by atoms with Crippen LogP contribution in [0.4, 0.5) is 0 Å². The van der Waals surface area contributed by atoms with Crippen molar-refractivity contribution in [1.82, 2.24) is 9.80 Å². The summed E-state index contributed by atoms with van der Waals surface area (Å²) >= 11 is 3.62. The minimum absolute atomic E-state index is 0.317. The number of likely N-dealkylation sites (tertiary alicyclic amines) is 2. The van der Waals surface area contributed by atoms with Crippen LogP contribution < -0.4 is 4.74 Å². The van der Waals surface area contributed by atoms with E-state index in [1.54, 1.807) is 0 Å². The summed E-state index contributed by atoms with van der Waals surface area (Å²) in [6.45, 7) is 7.97. The molecule has 4 nitrogen and oxygen atoms in total. The summed E-state index contributed by atoms with van der Waals surface area (Å²) in [5, 5.41) is 11.4. The van der Waals surface area contributed by atoms with Crippen LogP contribution in [0, 0.1) is 6.92 Å². The van der Waals surface area contributed by atoms with Crippen molar-refractivity contribution in [2.75, 3.05) is 39.3 Å². The second-order valence-corrected chi connectivity index (χ2v) is 8.47. The third kappa shape index (κ3) is 2.79. The lowest BCUT2D eigenvalue weighted by Crippen LogP contribution is -2.63. The van der Waals surface area contributed by atoms with E-state index in [2.05, 4.69) is 38.7 Å². The fourth-order valence-electron chi connectivity index (χ4n) is 4.57. The lowest BCUT2D eigenvalue weighted by Gasteiger charge is -2.49. The zero-order chi connectivity index (χ0) is 16.7. The number of fused-ring (bicyclic) bond motifs is 1. The first-order chi connectivity index (χ1) is 11.6. The number of aliphatic hydroxyl groups excluding tert-OH is 1. The minimum atomic E-state index is -0.503. The highest BCUT2D eigenvalue weighted by atomic mass is 79.9. The maximum atomic E-state index is 11.4. The Morgan fingerprint density at radius 1 is 1.17 bits per heavy atom. The Hall–Kier alpha value is -0.620. The maximum absolute atomic E-state index is 11.4. The highest BCUT2D eigenvalue weighted by molar-refractivity contribution is 9.10. The van der Waals surface area contributed by atoms with E-state index in [9.17, 15) is 5.11 Å². The fourth-order valence-corrected chi connectivity index (χ4v) is 4.93. The molecule has 1 aromatic carbocycles. The summed E-state index contributed by atoms with van der Waals surface area (Å²) in [5.74, 6) is 0.847. The van der Waals surface area contributed by atoms with Crippen molar-refractivity contribution < 1.29 is 9.84 Å². The number of hydrogen-bond donors (Lipinski definition) is 1. The van der Waals surface area contributed by atoms with Crippen LogP contribution in [0.2, 0.25) is 0 Å². The Morgan fingerprint density at radius 2 is 1.83 bits per heavy atom. The Balaban J connectivity index is 1.71. The molecule has 132 valence electrons. The van der Waals surface area contributed by atoms with Gasteiger partial charge in [-0.05, 0) is 76.5 Å². The second-order valence-electron chi connectivity index (χ2n) is 7.61. The highest BCUT2D eigenvalue weighted by Gasteiger charge is 2.50. The van der Waals surface area contributed by atoms with Gasteiger partial charge in [0.15, 0.2) is 0 Å². The van der Waals surface area contributed by atoms with Gasteiger partial charge >= 0.3 is 0 Å². The Labute approximate surface area is 152 Å². The fraction of sp³-hybridized carbons (Fsp3) is 0.684. The van der Waals surface area contributed by atoms with Crippen LogP contribution in [0.25, 0.3) is 0 Å². The normalized spacial score (nSPS) is 31.2. The molecule has 3 aliphatic rings. The van der Waals surface area contributed by atoms with Gasteiger partial charge in [-0.3, -0.25) is 4.90 Å². The summed E-state index contributed by atoms with van der Waals surface area (Å²) in [6, 6.07) is 4.11. The molecule has 24 heavy (non-hydrogen) atoms. The first-order valence-corrected chi connectivity index (χ1v) is 9.98. The van der Waals surface area contributed by atoms with Crippen molar-refractivity contribution in [2.24, 2.45) is 0 Å². The number of aliphatic hydroxyl groups is 1. The van der Waals surface area contributed by atoms with Gasteiger partial charge in [0, 0.05) is 16.6 Å². The van der Waals surface area contributed by atoms with Gasteiger partial charge in [-0.1, -0.05) is 15.9 Å². The Morgan fingerprint density at radius 3 is 2.54 bits per heavy atom. The predicted molar refractivity (Wildman–Crippen MR) is 98.5 cm³/mol. The molecule has 0 spiro atoms. The van der Waals surface area contributed by atoms with Gasteiger partial charge in [-0.2, -0.15) is 0 Å².